The average molecular weight is 589 g/mol. The number of alkyl halides is 3. The molecule has 0 bridgehead atoms. The molecule has 0 saturated carbocycles. The fraction of sp³-hybridized carbons (Fsp3) is 0.310. The maximum atomic E-state index is 14.1. The first-order valence-corrected chi connectivity index (χ1v) is 13.0. The van der Waals surface area contributed by atoms with Crippen molar-refractivity contribution < 1.29 is 40.7 Å². The van der Waals surface area contributed by atoms with Gasteiger partial charge in [-0.3, -0.25) is 9.59 Å². The number of fused-ring (bicyclic) bond motifs is 1. The van der Waals surface area contributed by atoms with Crippen molar-refractivity contribution in [2.24, 2.45) is 11.7 Å². The van der Waals surface area contributed by atoms with Gasteiger partial charge in [-0.1, -0.05) is 0 Å². The summed E-state index contributed by atoms with van der Waals surface area (Å²) in [6.45, 7) is 1.91. The van der Waals surface area contributed by atoms with Crippen LogP contribution in [0, 0.1) is 17.6 Å². The van der Waals surface area contributed by atoms with Crippen molar-refractivity contribution in [3.05, 3.63) is 76.8 Å². The topological polar surface area (TPSA) is 112 Å². The lowest BCUT2D eigenvalue weighted by molar-refractivity contribution is -0.140. The fourth-order valence-corrected chi connectivity index (χ4v) is 5.01. The maximum absolute atomic E-state index is 14.1. The van der Waals surface area contributed by atoms with Gasteiger partial charge in [0.05, 0.1) is 18.7 Å². The van der Waals surface area contributed by atoms with Crippen LogP contribution in [0.15, 0.2) is 46.9 Å². The van der Waals surface area contributed by atoms with E-state index in [1.165, 1.54) is 30.2 Å². The van der Waals surface area contributed by atoms with Crippen LogP contribution in [0.3, 0.4) is 0 Å². The molecule has 0 unspecified atom stereocenters. The molecule has 1 fully saturated rings. The molecule has 8 nitrogen and oxygen atoms in total. The molecule has 1 atom stereocenters. The number of aromatic nitrogens is 2. The summed E-state index contributed by atoms with van der Waals surface area (Å²) in [6, 6.07) is 7.04. The third-order valence-electron chi connectivity index (χ3n) is 7.18. The number of nitrogens with two attached hydrogens (primary N) is 1. The summed E-state index contributed by atoms with van der Waals surface area (Å²) in [4.78, 5) is 36.0. The van der Waals surface area contributed by atoms with Crippen molar-refractivity contribution in [3.63, 3.8) is 0 Å². The molecule has 13 heteroatoms. The van der Waals surface area contributed by atoms with Gasteiger partial charge in [-0.25, -0.2) is 18.7 Å². The van der Waals surface area contributed by atoms with Gasteiger partial charge >= 0.3 is 6.18 Å². The Bertz CT molecular complexity index is 1680. The molecule has 3 heterocycles. The first-order valence-electron chi connectivity index (χ1n) is 13.0. The van der Waals surface area contributed by atoms with Gasteiger partial charge in [0.25, 0.3) is 5.91 Å². The molecule has 2 aromatic heterocycles. The van der Waals surface area contributed by atoms with Crippen LogP contribution in [0.5, 0.6) is 5.75 Å². The van der Waals surface area contributed by atoms with E-state index in [1.807, 2.05) is 0 Å². The summed E-state index contributed by atoms with van der Waals surface area (Å²) >= 11 is 0. The van der Waals surface area contributed by atoms with Gasteiger partial charge in [0.1, 0.15) is 28.6 Å². The van der Waals surface area contributed by atoms with Gasteiger partial charge in [-0.15, -0.1) is 0 Å². The second kappa shape index (κ2) is 11.1. The van der Waals surface area contributed by atoms with Crippen LogP contribution >= 0.6 is 0 Å². The Morgan fingerprint density at radius 3 is 2.40 bits per heavy atom. The molecule has 0 aliphatic carbocycles. The molecule has 1 aliphatic heterocycles. The highest BCUT2D eigenvalue weighted by atomic mass is 19.4. The van der Waals surface area contributed by atoms with E-state index in [1.54, 1.807) is 6.92 Å². The van der Waals surface area contributed by atoms with Crippen LogP contribution in [0.25, 0.3) is 22.4 Å². The highest BCUT2D eigenvalue weighted by Gasteiger charge is 2.35. The predicted octanol–water partition coefficient (Wildman–Crippen LogP) is 5.95. The number of nitrogens with zero attached hydrogens (tertiary/aromatic N) is 3. The van der Waals surface area contributed by atoms with E-state index < -0.39 is 47.2 Å². The third-order valence-corrected chi connectivity index (χ3v) is 7.18. The van der Waals surface area contributed by atoms with Crippen LogP contribution in [0.2, 0.25) is 0 Å². The molecular weight excluding hydrogens is 563 g/mol. The predicted molar refractivity (Wildman–Crippen MR) is 141 cm³/mol. The van der Waals surface area contributed by atoms with Crippen LogP contribution in [0.4, 0.5) is 22.0 Å². The number of ketones is 1. The highest BCUT2D eigenvalue weighted by molar-refractivity contribution is 5.99. The first kappa shape index (κ1) is 29.1. The number of likely N-dealkylation sites (tertiary alicyclic amines) is 1. The number of methoxy groups -OCH3 is 1. The first-order chi connectivity index (χ1) is 19.9. The number of carbonyl (C=O) groups excluding carboxylic acids is 2. The van der Waals surface area contributed by atoms with E-state index in [-0.39, 0.29) is 71.1 Å². The van der Waals surface area contributed by atoms with Crippen molar-refractivity contribution in [3.8, 4) is 17.2 Å². The van der Waals surface area contributed by atoms with Crippen LogP contribution in [0.1, 0.15) is 58.1 Å². The molecular formula is C29H25F5N4O4. The monoisotopic (exact) mass is 588 g/mol. The van der Waals surface area contributed by atoms with Gasteiger partial charge < -0.3 is 19.8 Å². The SMILES string of the molecule is COc1ccc(-c2nc(C(=O)N3CCC(C(=O)c4ccc(F)cc4F)CC3)c([C@@H](C)N)o2)c2ccc(C(F)(F)F)nc12. The normalized spacial score (nSPS) is 15.2. The number of carbonyl (C=O) groups is 2. The Kier molecular flexibility index (Phi) is 7.71. The molecule has 42 heavy (non-hydrogen) atoms. The summed E-state index contributed by atoms with van der Waals surface area (Å²) in [5.74, 6) is -3.12. The zero-order chi connectivity index (χ0) is 30.3. The minimum atomic E-state index is -4.68. The van der Waals surface area contributed by atoms with Crippen molar-refractivity contribution >= 4 is 22.6 Å². The zero-order valence-electron chi connectivity index (χ0n) is 22.5. The molecule has 220 valence electrons. The summed E-state index contributed by atoms with van der Waals surface area (Å²) in [6.07, 6.45) is -4.18. The van der Waals surface area contributed by atoms with E-state index in [0.717, 1.165) is 18.2 Å². The van der Waals surface area contributed by atoms with Crippen LogP contribution < -0.4 is 10.5 Å². The molecule has 0 radical (unpaired) electrons. The van der Waals surface area contributed by atoms with Crippen molar-refractivity contribution in [1.29, 1.82) is 0 Å². The van der Waals surface area contributed by atoms with Crippen molar-refractivity contribution in [2.45, 2.75) is 32.0 Å². The van der Waals surface area contributed by atoms with E-state index in [2.05, 4.69) is 9.97 Å². The van der Waals surface area contributed by atoms with E-state index in [9.17, 15) is 31.5 Å². The molecule has 2 N–H and O–H groups in total. The minimum absolute atomic E-state index is 0.0447. The smallest absolute Gasteiger partial charge is 0.433 e. The number of pyridine rings is 1. The van der Waals surface area contributed by atoms with Crippen molar-refractivity contribution in [2.75, 3.05) is 20.2 Å². The van der Waals surface area contributed by atoms with Crippen molar-refractivity contribution in [1.82, 2.24) is 14.9 Å². The number of rotatable bonds is 6. The molecule has 5 rings (SSSR count). The van der Waals surface area contributed by atoms with E-state index in [4.69, 9.17) is 14.9 Å². The lowest BCUT2D eigenvalue weighted by Gasteiger charge is -2.31. The number of oxazole rings is 1. The van der Waals surface area contributed by atoms with Gasteiger partial charge in [0.2, 0.25) is 5.89 Å². The molecule has 2 aromatic carbocycles. The van der Waals surface area contributed by atoms with Crippen LogP contribution in [-0.4, -0.2) is 46.8 Å². The number of piperidine rings is 1. The largest absolute Gasteiger partial charge is 0.494 e. The number of amides is 1. The Labute approximate surface area is 236 Å². The van der Waals surface area contributed by atoms with E-state index >= 15 is 0 Å². The lowest BCUT2D eigenvalue weighted by Crippen LogP contribution is -2.41. The summed E-state index contributed by atoms with van der Waals surface area (Å²) in [7, 11) is 1.30. The van der Waals surface area contributed by atoms with Crippen LogP contribution in [-0.2, 0) is 6.18 Å². The van der Waals surface area contributed by atoms with Gasteiger partial charge in [0.15, 0.2) is 17.2 Å². The Morgan fingerprint density at radius 2 is 1.79 bits per heavy atom. The number of hydrogen-bond acceptors (Lipinski definition) is 7. The maximum Gasteiger partial charge on any atom is 0.433 e. The zero-order valence-corrected chi connectivity index (χ0v) is 22.5. The molecule has 4 aromatic rings. The molecule has 0 spiro atoms. The van der Waals surface area contributed by atoms with Gasteiger partial charge in [-0.2, -0.15) is 13.2 Å². The number of hydrogen-bond donors (Lipinski definition) is 1. The number of Topliss-reactive ketones (excluding diaryl/α,β-unsaturated/α-hetero) is 1. The number of benzene rings is 2. The Hall–Kier alpha value is -4.39. The second-order valence-corrected chi connectivity index (χ2v) is 9.98. The highest BCUT2D eigenvalue weighted by Crippen LogP contribution is 2.38. The molecule has 1 aliphatic rings. The van der Waals surface area contributed by atoms with Gasteiger partial charge in [-0.05, 0) is 56.2 Å². The Morgan fingerprint density at radius 1 is 1.07 bits per heavy atom. The minimum Gasteiger partial charge on any atom is -0.494 e. The second-order valence-electron chi connectivity index (χ2n) is 9.98. The summed E-state index contributed by atoms with van der Waals surface area (Å²) in [5, 5.41) is 0.256. The molecule has 1 amide bonds. The average Bonchev–Trinajstić information content (AvgIpc) is 3.41. The third kappa shape index (κ3) is 5.43. The summed E-state index contributed by atoms with van der Waals surface area (Å²) in [5.41, 5.74) is 4.91. The fourth-order valence-electron chi connectivity index (χ4n) is 5.01. The number of halogens is 5. The Balaban J connectivity index is 1.42. The number of ether oxygens (including phenoxy) is 1. The summed E-state index contributed by atoms with van der Waals surface area (Å²) < 4.78 is 78.5. The lowest BCUT2D eigenvalue weighted by atomic mass is 9.88. The van der Waals surface area contributed by atoms with E-state index in [0.29, 0.717) is 6.07 Å². The standard InChI is InChI=1S/C29H25F5N4O4/c1-14(35)26-24(28(40)38-11-9-15(10-12-38)25(39)19-4-3-16(30)13-20(19)31)37-27(42-26)18-5-7-21(41-2)23-17(18)6-8-22(36-23)29(32,33)34/h3-8,13-15H,9-12,35H2,1-2H3/t14-/m1/s1. The van der Waals surface area contributed by atoms with Gasteiger partial charge in [0, 0.05) is 36.0 Å². The molecule has 1 saturated heterocycles. The quantitative estimate of drug-likeness (QED) is 0.219.